The number of nitrogen functional groups attached to an aromatic ring is 1. The Morgan fingerprint density at radius 3 is 2.74 bits per heavy atom. The van der Waals surface area contributed by atoms with Gasteiger partial charge in [-0.3, -0.25) is 4.79 Å². The van der Waals surface area contributed by atoms with Gasteiger partial charge in [-0.2, -0.15) is 4.73 Å². The van der Waals surface area contributed by atoms with Gasteiger partial charge in [-0.15, -0.1) is 0 Å². The van der Waals surface area contributed by atoms with Crippen molar-refractivity contribution in [3.63, 3.8) is 0 Å². The van der Waals surface area contributed by atoms with Gasteiger partial charge in [0.25, 0.3) is 0 Å². The third-order valence-corrected chi connectivity index (χ3v) is 2.47. The molecule has 1 heterocycles. The summed E-state index contributed by atoms with van der Waals surface area (Å²) in [6.07, 6.45) is 3.15. The predicted molar refractivity (Wildman–Crippen MR) is 68.3 cm³/mol. The maximum Gasteiger partial charge on any atom is 0.225 e. The number of pyridine rings is 1. The standard InChI is InChI=1S/C13H12N2O4/c1-18-11-3-2-9(8-16)6-12(11)19-13-7-15(17)5-4-10(13)14/h2-8H,14H2,1H3. The van der Waals surface area contributed by atoms with Gasteiger partial charge in [-0.25, -0.2) is 0 Å². The number of methoxy groups -OCH3 is 1. The van der Waals surface area contributed by atoms with E-state index in [1.807, 2.05) is 0 Å². The molecule has 1 aromatic carbocycles. The fourth-order valence-electron chi connectivity index (χ4n) is 1.52. The van der Waals surface area contributed by atoms with Gasteiger partial charge in [-0.05, 0) is 18.2 Å². The van der Waals surface area contributed by atoms with Crippen LogP contribution in [0.1, 0.15) is 10.4 Å². The molecule has 6 nitrogen and oxygen atoms in total. The molecule has 0 saturated heterocycles. The van der Waals surface area contributed by atoms with E-state index in [4.69, 9.17) is 15.2 Å². The summed E-state index contributed by atoms with van der Waals surface area (Å²) < 4.78 is 11.2. The molecule has 0 radical (unpaired) electrons. The summed E-state index contributed by atoms with van der Waals surface area (Å²) >= 11 is 0. The molecule has 19 heavy (non-hydrogen) atoms. The summed E-state index contributed by atoms with van der Waals surface area (Å²) in [5.41, 5.74) is 6.45. The number of hydrogen-bond acceptors (Lipinski definition) is 5. The Labute approximate surface area is 109 Å². The van der Waals surface area contributed by atoms with E-state index in [0.717, 1.165) is 0 Å². The molecule has 6 heteroatoms. The lowest BCUT2D eigenvalue weighted by Crippen LogP contribution is -2.24. The summed E-state index contributed by atoms with van der Waals surface area (Å²) in [6, 6.07) is 6.13. The smallest absolute Gasteiger partial charge is 0.225 e. The molecule has 2 rings (SSSR count). The largest absolute Gasteiger partial charge is 0.619 e. The van der Waals surface area contributed by atoms with Crippen LogP contribution in [0.5, 0.6) is 17.2 Å². The van der Waals surface area contributed by atoms with E-state index in [-0.39, 0.29) is 5.75 Å². The zero-order chi connectivity index (χ0) is 13.8. The molecule has 0 atom stereocenters. The molecule has 0 unspecified atom stereocenters. The number of aromatic nitrogens is 1. The average Bonchev–Trinajstić information content (AvgIpc) is 2.42. The number of ether oxygens (including phenoxy) is 2. The summed E-state index contributed by atoms with van der Waals surface area (Å²) in [5, 5.41) is 11.2. The van der Waals surface area contributed by atoms with Crippen LogP contribution in [0.2, 0.25) is 0 Å². The van der Waals surface area contributed by atoms with E-state index < -0.39 is 0 Å². The highest BCUT2D eigenvalue weighted by Crippen LogP contribution is 2.33. The van der Waals surface area contributed by atoms with Crippen molar-refractivity contribution < 1.29 is 19.0 Å². The predicted octanol–water partition coefficient (Wildman–Crippen LogP) is 1.52. The molecule has 98 valence electrons. The molecule has 0 amide bonds. The summed E-state index contributed by atoms with van der Waals surface area (Å²) in [4.78, 5) is 10.8. The van der Waals surface area contributed by atoms with Gasteiger partial charge in [-0.1, -0.05) is 0 Å². The first-order chi connectivity index (χ1) is 9.13. The van der Waals surface area contributed by atoms with E-state index in [0.29, 0.717) is 33.8 Å². The molecular formula is C13H12N2O4. The van der Waals surface area contributed by atoms with E-state index in [9.17, 15) is 10.0 Å². The van der Waals surface area contributed by atoms with Gasteiger partial charge >= 0.3 is 0 Å². The first-order valence-electron chi connectivity index (χ1n) is 5.43. The molecule has 0 bridgehead atoms. The molecule has 0 fully saturated rings. The van der Waals surface area contributed by atoms with E-state index in [2.05, 4.69) is 0 Å². The number of benzene rings is 1. The third-order valence-electron chi connectivity index (χ3n) is 2.47. The summed E-state index contributed by atoms with van der Waals surface area (Å²) in [6.45, 7) is 0. The fraction of sp³-hybridized carbons (Fsp3) is 0.0769. The minimum absolute atomic E-state index is 0.193. The number of rotatable bonds is 4. The molecule has 2 N–H and O–H groups in total. The maximum atomic E-state index is 11.2. The van der Waals surface area contributed by atoms with Crippen LogP contribution in [0.3, 0.4) is 0 Å². The molecule has 0 aliphatic rings. The number of carbonyl (C=O) groups is 1. The SMILES string of the molecule is COc1ccc(C=O)cc1Oc1c[n+]([O-])ccc1N. The van der Waals surface area contributed by atoms with Gasteiger partial charge < -0.3 is 20.4 Å². The number of anilines is 1. The van der Waals surface area contributed by atoms with Gasteiger partial charge in [0.2, 0.25) is 11.9 Å². The zero-order valence-corrected chi connectivity index (χ0v) is 10.2. The lowest BCUT2D eigenvalue weighted by molar-refractivity contribution is -0.605. The van der Waals surface area contributed by atoms with Crippen molar-refractivity contribution in [3.8, 4) is 17.2 Å². The Morgan fingerprint density at radius 1 is 1.26 bits per heavy atom. The number of nitrogens with zero attached hydrogens (tertiary/aromatic N) is 1. The second-order valence-electron chi connectivity index (χ2n) is 3.75. The second-order valence-corrected chi connectivity index (χ2v) is 3.75. The minimum Gasteiger partial charge on any atom is -0.619 e. The quantitative estimate of drug-likeness (QED) is 0.511. The topological polar surface area (TPSA) is 88.5 Å². The van der Waals surface area contributed by atoms with Crippen molar-refractivity contribution in [2.75, 3.05) is 12.8 Å². The fourth-order valence-corrected chi connectivity index (χ4v) is 1.52. The number of aldehydes is 1. The van der Waals surface area contributed by atoms with Crippen LogP contribution >= 0.6 is 0 Å². The van der Waals surface area contributed by atoms with Crippen molar-refractivity contribution in [2.45, 2.75) is 0 Å². The highest BCUT2D eigenvalue weighted by molar-refractivity contribution is 5.76. The number of hydrogen-bond donors (Lipinski definition) is 1. The summed E-state index contributed by atoms with van der Waals surface area (Å²) in [7, 11) is 1.48. The van der Waals surface area contributed by atoms with E-state index in [1.165, 1.54) is 31.6 Å². The molecule has 0 aliphatic heterocycles. The maximum absolute atomic E-state index is 11.2. The molecular weight excluding hydrogens is 248 g/mol. The molecule has 0 spiro atoms. The van der Waals surface area contributed by atoms with Gasteiger partial charge in [0, 0.05) is 11.6 Å². The van der Waals surface area contributed by atoms with Gasteiger partial charge in [0.15, 0.2) is 17.7 Å². The molecule has 0 aliphatic carbocycles. The zero-order valence-electron chi connectivity index (χ0n) is 10.2. The van der Waals surface area contributed by atoms with Gasteiger partial charge in [0.1, 0.15) is 6.29 Å². The lowest BCUT2D eigenvalue weighted by Gasteiger charge is -2.11. The van der Waals surface area contributed by atoms with Crippen LogP contribution < -0.4 is 19.9 Å². The lowest BCUT2D eigenvalue weighted by atomic mass is 10.2. The summed E-state index contributed by atoms with van der Waals surface area (Å²) in [5.74, 6) is 0.940. The second kappa shape index (κ2) is 5.26. The van der Waals surface area contributed by atoms with Crippen molar-refractivity contribution >= 4 is 12.0 Å². The minimum atomic E-state index is 0.193. The van der Waals surface area contributed by atoms with E-state index >= 15 is 0 Å². The molecule has 2 aromatic rings. The van der Waals surface area contributed by atoms with Crippen LogP contribution in [-0.4, -0.2) is 13.4 Å². The van der Waals surface area contributed by atoms with Crippen LogP contribution in [0.15, 0.2) is 36.7 Å². The average molecular weight is 260 g/mol. The molecule has 1 aromatic heterocycles. The number of nitrogens with two attached hydrogens (primary N) is 1. The normalized spacial score (nSPS) is 9.95. The van der Waals surface area contributed by atoms with Gasteiger partial charge in [0.05, 0.1) is 12.8 Å². The Morgan fingerprint density at radius 2 is 2.05 bits per heavy atom. The molecule has 0 saturated carbocycles. The van der Waals surface area contributed by atoms with Crippen LogP contribution in [0, 0.1) is 5.21 Å². The van der Waals surface area contributed by atoms with Crippen LogP contribution in [0.25, 0.3) is 0 Å². The first-order valence-corrected chi connectivity index (χ1v) is 5.43. The number of carbonyl (C=O) groups excluding carboxylic acids is 1. The highest BCUT2D eigenvalue weighted by Gasteiger charge is 2.11. The Kier molecular flexibility index (Phi) is 3.51. The Bertz CT molecular complexity index is 614. The van der Waals surface area contributed by atoms with Crippen LogP contribution in [-0.2, 0) is 0 Å². The van der Waals surface area contributed by atoms with E-state index in [1.54, 1.807) is 12.1 Å². The first kappa shape index (κ1) is 12.7. The van der Waals surface area contributed by atoms with Crippen molar-refractivity contribution in [2.24, 2.45) is 0 Å². The Hall–Kier alpha value is -2.76. The Balaban J connectivity index is 2.41. The van der Waals surface area contributed by atoms with Crippen molar-refractivity contribution in [3.05, 3.63) is 47.4 Å². The van der Waals surface area contributed by atoms with Crippen LogP contribution in [0.4, 0.5) is 5.69 Å². The monoisotopic (exact) mass is 260 g/mol. The highest BCUT2D eigenvalue weighted by atomic mass is 16.5. The third kappa shape index (κ3) is 2.74. The van der Waals surface area contributed by atoms with Crippen molar-refractivity contribution in [1.29, 1.82) is 0 Å². The van der Waals surface area contributed by atoms with Crippen molar-refractivity contribution in [1.82, 2.24) is 0 Å².